The maximum atomic E-state index is 14.6. The molecule has 0 spiro atoms. The van der Waals surface area contributed by atoms with Crippen molar-refractivity contribution in [1.82, 2.24) is 10.2 Å². The Hall–Kier alpha value is -4.05. The molecule has 0 aliphatic rings. The molecular formula is C35H37Cl2N3O5S. The fourth-order valence-corrected chi connectivity index (χ4v) is 6.80. The van der Waals surface area contributed by atoms with E-state index < -0.39 is 28.5 Å². The van der Waals surface area contributed by atoms with Crippen LogP contribution in [0.5, 0.6) is 5.75 Å². The number of rotatable bonds is 14. The Bertz CT molecular complexity index is 1700. The van der Waals surface area contributed by atoms with E-state index in [1.165, 1.54) is 24.1 Å². The van der Waals surface area contributed by atoms with Gasteiger partial charge in [0.15, 0.2) is 0 Å². The van der Waals surface area contributed by atoms with Gasteiger partial charge in [-0.3, -0.25) is 13.9 Å². The molecule has 0 unspecified atom stereocenters. The number of hydrogen-bond donors (Lipinski definition) is 1. The first-order valence-electron chi connectivity index (χ1n) is 14.8. The summed E-state index contributed by atoms with van der Waals surface area (Å²) in [7, 11) is -2.72. The second-order valence-corrected chi connectivity index (χ2v) is 13.4. The van der Waals surface area contributed by atoms with Crippen molar-refractivity contribution in [3.63, 3.8) is 0 Å². The fourth-order valence-electron chi connectivity index (χ4n) is 4.85. The molecule has 11 heteroatoms. The van der Waals surface area contributed by atoms with Gasteiger partial charge in [0.05, 0.1) is 17.7 Å². The zero-order valence-corrected chi connectivity index (χ0v) is 28.2. The fraction of sp³-hybridized carbons (Fsp3) is 0.257. The Labute approximate surface area is 280 Å². The van der Waals surface area contributed by atoms with E-state index in [1.54, 1.807) is 60.7 Å². The summed E-state index contributed by atoms with van der Waals surface area (Å²) in [6.07, 6.45) is 0.847. The van der Waals surface area contributed by atoms with Crippen molar-refractivity contribution in [2.75, 3.05) is 18.0 Å². The number of carbonyl (C=O) groups is 2. The number of benzene rings is 4. The monoisotopic (exact) mass is 681 g/mol. The second kappa shape index (κ2) is 16.0. The molecule has 4 aromatic carbocycles. The van der Waals surface area contributed by atoms with Crippen molar-refractivity contribution in [2.24, 2.45) is 0 Å². The SMILES string of the molecule is CC[C@H](C)NC(=O)[C@@H](Cc1ccccc1)N(Cc1c(Cl)cccc1Cl)C(=O)CN(c1ccc(OC)cc1)S(=O)(=O)c1ccccc1. The van der Waals surface area contributed by atoms with Crippen molar-refractivity contribution in [2.45, 2.75) is 50.2 Å². The van der Waals surface area contributed by atoms with E-state index in [1.807, 2.05) is 44.2 Å². The topological polar surface area (TPSA) is 96.0 Å². The van der Waals surface area contributed by atoms with Crippen molar-refractivity contribution in [1.29, 1.82) is 0 Å². The van der Waals surface area contributed by atoms with E-state index in [0.717, 1.165) is 9.87 Å². The van der Waals surface area contributed by atoms with Crippen molar-refractivity contribution in [3.8, 4) is 5.75 Å². The first-order chi connectivity index (χ1) is 22.0. The number of methoxy groups -OCH3 is 1. The Kier molecular flexibility index (Phi) is 12.1. The lowest BCUT2D eigenvalue weighted by molar-refractivity contribution is -0.140. The van der Waals surface area contributed by atoms with Gasteiger partial charge >= 0.3 is 0 Å². The highest BCUT2D eigenvalue weighted by molar-refractivity contribution is 7.92. The number of halogens is 2. The Morgan fingerprint density at radius 3 is 2.00 bits per heavy atom. The smallest absolute Gasteiger partial charge is 0.264 e. The Morgan fingerprint density at radius 1 is 0.848 bits per heavy atom. The van der Waals surface area contributed by atoms with Gasteiger partial charge in [0.2, 0.25) is 11.8 Å². The van der Waals surface area contributed by atoms with Crippen LogP contribution in [0.3, 0.4) is 0 Å². The van der Waals surface area contributed by atoms with Crippen LogP contribution >= 0.6 is 23.2 Å². The third kappa shape index (κ3) is 8.60. The lowest BCUT2D eigenvalue weighted by atomic mass is 10.0. The molecule has 1 N–H and O–H groups in total. The van der Waals surface area contributed by atoms with Crippen LogP contribution in [0.4, 0.5) is 5.69 Å². The number of hydrogen-bond acceptors (Lipinski definition) is 5. The second-order valence-electron chi connectivity index (χ2n) is 10.8. The van der Waals surface area contributed by atoms with E-state index >= 15 is 0 Å². The van der Waals surface area contributed by atoms with Gasteiger partial charge in [-0.05, 0) is 67.4 Å². The summed E-state index contributed by atoms with van der Waals surface area (Å²) in [5.74, 6) is -0.477. The quantitative estimate of drug-likeness (QED) is 0.159. The minimum absolute atomic E-state index is 0.00895. The van der Waals surface area contributed by atoms with Crippen molar-refractivity contribution >= 4 is 50.7 Å². The van der Waals surface area contributed by atoms with Crippen molar-refractivity contribution in [3.05, 3.63) is 124 Å². The van der Waals surface area contributed by atoms with Crippen LogP contribution in [0.2, 0.25) is 10.0 Å². The van der Waals surface area contributed by atoms with E-state index in [9.17, 15) is 18.0 Å². The van der Waals surface area contributed by atoms with Crippen LogP contribution in [0.1, 0.15) is 31.4 Å². The first kappa shape index (κ1) is 34.8. The van der Waals surface area contributed by atoms with E-state index in [0.29, 0.717) is 27.8 Å². The highest BCUT2D eigenvalue weighted by atomic mass is 35.5. The molecule has 0 aliphatic carbocycles. The molecule has 0 saturated carbocycles. The number of nitrogens with zero attached hydrogens (tertiary/aromatic N) is 2. The predicted octanol–water partition coefficient (Wildman–Crippen LogP) is 6.75. The lowest BCUT2D eigenvalue weighted by Gasteiger charge is -2.34. The number of carbonyl (C=O) groups excluding carboxylic acids is 2. The normalized spacial score (nSPS) is 12.5. The van der Waals surface area contributed by atoms with Crippen LogP contribution in [-0.2, 0) is 32.6 Å². The number of nitrogens with one attached hydrogen (secondary N) is 1. The molecule has 2 atom stereocenters. The van der Waals surface area contributed by atoms with Crippen LogP contribution < -0.4 is 14.4 Å². The first-order valence-corrected chi connectivity index (χ1v) is 17.0. The van der Waals surface area contributed by atoms with Crippen LogP contribution in [0, 0.1) is 0 Å². The van der Waals surface area contributed by atoms with Crippen LogP contribution in [0.25, 0.3) is 0 Å². The average molecular weight is 683 g/mol. The molecule has 0 bridgehead atoms. The van der Waals surface area contributed by atoms with Crippen LogP contribution in [0.15, 0.2) is 108 Å². The summed E-state index contributed by atoms with van der Waals surface area (Å²) in [6.45, 7) is 3.09. The largest absolute Gasteiger partial charge is 0.497 e. The highest BCUT2D eigenvalue weighted by Gasteiger charge is 2.35. The minimum atomic E-state index is -4.23. The number of amides is 2. The minimum Gasteiger partial charge on any atom is -0.497 e. The van der Waals surface area contributed by atoms with Gasteiger partial charge in [-0.15, -0.1) is 0 Å². The molecule has 0 aliphatic heterocycles. The molecule has 4 aromatic rings. The summed E-state index contributed by atoms with van der Waals surface area (Å²) >= 11 is 13.1. The third-order valence-corrected chi connectivity index (χ3v) is 10.1. The van der Waals surface area contributed by atoms with E-state index in [2.05, 4.69) is 5.32 Å². The van der Waals surface area contributed by atoms with Crippen LogP contribution in [-0.4, -0.2) is 50.9 Å². The van der Waals surface area contributed by atoms with E-state index in [-0.39, 0.29) is 35.5 Å². The van der Waals surface area contributed by atoms with Gasteiger partial charge < -0.3 is 15.0 Å². The maximum Gasteiger partial charge on any atom is 0.264 e. The summed E-state index contributed by atoms with van der Waals surface area (Å²) in [4.78, 5) is 29.9. The molecule has 0 fully saturated rings. The number of ether oxygens (including phenoxy) is 1. The molecule has 2 amide bonds. The molecule has 0 heterocycles. The predicted molar refractivity (Wildman–Crippen MR) is 183 cm³/mol. The standard InChI is InChI=1S/C35H37Cl2N3O5S/c1-4-25(2)38-35(42)33(22-26-12-7-5-8-13-26)39(23-30-31(36)16-11-17-32(30)37)34(41)24-40(27-18-20-28(45-3)21-19-27)46(43,44)29-14-9-6-10-15-29/h5-21,25,33H,4,22-24H2,1-3H3,(H,38,42)/t25-,33+/m0/s1. The summed E-state index contributed by atoms with van der Waals surface area (Å²) in [6, 6.07) is 27.4. The molecule has 8 nitrogen and oxygen atoms in total. The molecule has 0 aromatic heterocycles. The van der Waals surface area contributed by atoms with Gasteiger partial charge in [-0.25, -0.2) is 8.42 Å². The van der Waals surface area contributed by atoms with Gasteiger partial charge in [-0.1, -0.05) is 84.7 Å². The highest BCUT2D eigenvalue weighted by Crippen LogP contribution is 2.29. The van der Waals surface area contributed by atoms with Crippen molar-refractivity contribution < 1.29 is 22.7 Å². The molecule has 242 valence electrons. The maximum absolute atomic E-state index is 14.6. The van der Waals surface area contributed by atoms with E-state index in [4.69, 9.17) is 27.9 Å². The zero-order valence-electron chi connectivity index (χ0n) is 25.9. The molecule has 0 saturated heterocycles. The summed E-state index contributed by atoms with van der Waals surface area (Å²) in [5.41, 5.74) is 1.51. The van der Waals surface area contributed by atoms with Gasteiger partial charge in [0.25, 0.3) is 10.0 Å². The molecule has 46 heavy (non-hydrogen) atoms. The Balaban J connectivity index is 1.83. The van der Waals surface area contributed by atoms with Gasteiger partial charge in [0.1, 0.15) is 18.3 Å². The number of sulfonamides is 1. The summed E-state index contributed by atoms with van der Waals surface area (Å²) in [5, 5.41) is 3.64. The zero-order chi connectivity index (χ0) is 33.3. The average Bonchev–Trinajstić information content (AvgIpc) is 3.07. The molecule has 4 rings (SSSR count). The Morgan fingerprint density at radius 2 is 1.43 bits per heavy atom. The summed E-state index contributed by atoms with van der Waals surface area (Å²) < 4.78 is 34.5. The lowest BCUT2D eigenvalue weighted by Crippen LogP contribution is -2.54. The third-order valence-electron chi connectivity index (χ3n) is 7.63. The van der Waals surface area contributed by atoms with Gasteiger partial charge in [0, 0.05) is 34.6 Å². The number of anilines is 1. The molecule has 0 radical (unpaired) electrons. The van der Waals surface area contributed by atoms with Gasteiger partial charge in [-0.2, -0.15) is 0 Å². The molecular weight excluding hydrogens is 645 g/mol.